The van der Waals surface area contributed by atoms with Gasteiger partial charge in [-0.3, -0.25) is 0 Å². The van der Waals surface area contributed by atoms with E-state index in [0.29, 0.717) is 5.15 Å². The van der Waals surface area contributed by atoms with Crippen LogP contribution in [0.1, 0.15) is 45.0 Å². The third-order valence-electron chi connectivity index (χ3n) is 3.74. The van der Waals surface area contributed by atoms with Crippen LogP contribution < -0.4 is 4.90 Å². The van der Waals surface area contributed by atoms with Gasteiger partial charge in [-0.15, -0.1) is 0 Å². The molecule has 1 aromatic heterocycles. The van der Waals surface area contributed by atoms with Gasteiger partial charge in [0, 0.05) is 31.2 Å². The third kappa shape index (κ3) is 3.23. The molecule has 0 radical (unpaired) electrons. The van der Waals surface area contributed by atoms with Gasteiger partial charge in [0.05, 0.1) is 6.10 Å². The van der Waals surface area contributed by atoms with Crippen molar-refractivity contribution in [2.45, 2.75) is 52.1 Å². The highest BCUT2D eigenvalue weighted by Crippen LogP contribution is 2.30. The molecule has 0 N–H and O–H groups in total. The Hall–Kier alpha value is -0.870. The van der Waals surface area contributed by atoms with Gasteiger partial charge in [0.1, 0.15) is 16.8 Å². The van der Waals surface area contributed by atoms with Crippen LogP contribution in [0.2, 0.25) is 5.15 Å². The first-order valence-corrected chi connectivity index (χ1v) is 7.53. The molecule has 20 heavy (non-hydrogen) atoms. The van der Waals surface area contributed by atoms with Crippen molar-refractivity contribution in [3.63, 3.8) is 0 Å². The van der Waals surface area contributed by atoms with E-state index < -0.39 is 0 Å². The first-order valence-electron chi connectivity index (χ1n) is 7.15. The minimum atomic E-state index is -0.109. The molecule has 1 fully saturated rings. The quantitative estimate of drug-likeness (QED) is 0.785. The average molecular weight is 298 g/mol. The largest absolute Gasteiger partial charge is 0.380 e. The molecule has 1 saturated heterocycles. The summed E-state index contributed by atoms with van der Waals surface area (Å²) in [5.41, 5.74) is 0.846. The molecular weight excluding hydrogens is 274 g/mol. The Morgan fingerprint density at radius 2 is 2.00 bits per heavy atom. The molecule has 112 valence electrons. The number of hydrogen-bond donors (Lipinski definition) is 0. The summed E-state index contributed by atoms with van der Waals surface area (Å²) in [6, 6.07) is 0. The van der Waals surface area contributed by atoms with E-state index in [4.69, 9.17) is 21.3 Å². The van der Waals surface area contributed by atoms with Gasteiger partial charge in [-0.2, -0.15) is 0 Å². The molecule has 0 aliphatic carbocycles. The lowest BCUT2D eigenvalue weighted by Crippen LogP contribution is -2.40. The Morgan fingerprint density at radius 3 is 2.60 bits per heavy atom. The van der Waals surface area contributed by atoms with Gasteiger partial charge in [0.15, 0.2) is 0 Å². The number of methoxy groups -OCH3 is 1. The van der Waals surface area contributed by atoms with Crippen molar-refractivity contribution < 1.29 is 4.74 Å². The second-order valence-electron chi connectivity index (χ2n) is 6.48. The van der Waals surface area contributed by atoms with Gasteiger partial charge in [0.25, 0.3) is 0 Å². The summed E-state index contributed by atoms with van der Waals surface area (Å²) < 4.78 is 5.49. The van der Waals surface area contributed by atoms with E-state index in [1.165, 1.54) is 0 Å². The Balaban J connectivity index is 2.37. The number of nitrogens with zero attached hydrogens (tertiary/aromatic N) is 3. The highest BCUT2D eigenvalue weighted by atomic mass is 35.5. The molecule has 0 saturated carbocycles. The van der Waals surface area contributed by atoms with Gasteiger partial charge in [0.2, 0.25) is 0 Å². The van der Waals surface area contributed by atoms with Crippen LogP contribution in [0.15, 0.2) is 0 Å². The molecule has 2 heterocycles. The number of hydrogen-bond acceptors (Lipinski definition) is 4. The van der Waals surface area contributed by atoms with Crippen LogP contribution in [0, 0.1) is 6.92 Å². The Labute approximate surface area is 126 Å². The fourth-order valence-corrected chi connectivity index (χ4v) is 2.61. The third-order valence-corrected chi connectivity index (χ3v) is 4.11. The summed E-state index contributed by atoms with van der Waals surface area (Å²) in [4.78, 5) is 11.5. The van der Waals surface area contributed by atoms with Gasteiger partial charge < -0.3 is 9.64 Å². The normalized spacial score (nSPS) is 20.3. The van der Waals surface area contributed by atoms with Crippen molar-refractivity contribution in [2.24, 2.45) is 0 Å². The molecule has 0 aromatic carbocycles. The fraction of sp³-hybridized carbons (Fsp3) is 0.733. The topological polar surface area (TPSA) is 38.2 Å². The first kappa shape index (κ1) is 15.5. The van der Waals surface area contributed by atoms with Crippen LogP contribution in [-0.4, -0.2) is 36.3 Å². The first-order chi connectivity index (χ1) is 9.32. The van der Waals surface area contributed by atoms with E-state index in [0.717, 1.165) is 43.1 Å². The van der Waals surface area contributed by atoms with E-state index in [2.05, 4.69) is 30.7 Å². The van der Waals surface area contributed by atoms with Crippen LogP contribution >= 0.6 is 11.6 Å². The van der Waals surface area contributed by atoms with Crippen LogP contribution in [0.4, 0.5) is 5.82 Å². The summed E-state index contributed by atoms with van der Waals surface area (Å²) in [5, 5.41) is 0.555. The predicted molar refractivity (Wildman–Crippen MR) is 82.7 cm³/mol. The van der Waals surface area contributed by atoms with Crippen molar-refractivity contribution in [2.75, 3.05) is 25.1 Å². The molecule has 2 rings (SSSR count). The zero-order valence-electron chi connectivity index (χ0n) is 13.0. The molecule has 4 nitrogen and oxygen atoms in total. The maximum Gasteiger partial charge on any atom is 0.137 e. The summed E-state index contributed by atoms with van der Waals surface area (Å²) in [6.45, 7) is 10.2. The van der Waals surface area contributed by atoms with E-state index in [1.807, 2.05) is 6.92 Å². The number of rotatable bonds is 2. The van der Waals surface area contributed by atoms with Gasteiger partial charge in [-0.1, -0.05) is 32.4 Å². The fourth-order valence-electron chi connectivity index (χ4n) is 2.44. The highest BCUT2D eigenvalue weighted by molar-refractivity contribution is 6.30. The average Bonchev–Trinajstić information content (AvgIpc) is 2.40. The monoisotopic (exact) mass is 297 g/mol. The summed E-state index contributed by atoms with van der Waals surface area (Å²) in [6.07, 6.45) is 2.50. The Bertz CT molecular complexity index is 485. The van der Waals surface area contributed by atoms with Crippen molar-refractivity contribution in [3.8, 4) is 0 Å². The molecule has 5 heteroatoms. The van der Waals surface area contributed by atoms with Gasteiger partial charge in [-0.25, -0.2) is 9.97 Å². The SMILES string of the molecule is COC1CCCN(c2nc(C(C)(C)C)nc(Cl)c2C)C1. The second-order valence-corrected chi connectivity index (χ2v) is 6.84. The molecule has 0 spiro atoms. The van der Waals surface area contributed by atoms with Gasteiger partial charge in [-0.05, 0) is 19.8 Å². The van der Waals surface area contributed by atoms with Gasteiger partial charge >= 0.3 is 0 Å². The van der Waals surface area contributed by atoms with E-state index in [9.17, 15) is 0 Å². The lowest BCUT2D eigenvalue weighted by Gasteiger charge is -2.34. The van der Waals surface area contributed by atoms with Crippen molar-refractivity contribution >= 4 is 17.4 Å². The summed E-state index contributed by atoms with van der Waals surface area (Å²) in [5.74, 6) is 1.75. The predicted octanol–water partition coefficient (Wildman–Crippen LogP) is 3.35. The number of piperidine rings is 1. The minimum Gasteiger partial charge on any atom is -0.380 e. The highest BCUT2D eigenvalue weighted by Gasteiger charge is 2.26. The molecule has 1 aliphatic rings. The molecular formula is C15H24ClN3O. The summed E-state index contributed by atoms with van der Waals surface area (Å²) in [7, 11) is 1.77. The minimum absolute atomic E-state index is 0.109. The maximum absolute atomic E-state index is 6.31. The molecule has 0 bridgehead atoms. The van der Waals surface area contributed by atoms with E-state index in [-0.39, 0.29) is 11.5 Å². The van der Waals surface area contributed by atoms with Crippen LogP contribution in [0.5, 0.6) is 0 Å². The van der Waals surface area contributed by atoms with Crippen LogP contribution in [-0.2, 0) is 10.2 Å². The smallest absolute Gasteiger partial charge is 0.137 e. The second kappa shape index (κ2) is 5.86. The number of anilines is 1. The Morgan fingerprint density at radius 1 is 1.30 bits per heavy atom. The van der Waals surface area contributed by atoms with Crippen LogP contribution in [0.25, 0.3) is 0 Å². The number of halogens is 1. The number of ether oxygens (including phenoxy) is 1. The summed E-state index contributed by atoms with van der Waals surface area (Å²) >= 11 is 6.31. The zero-order chi connectivity index (χ0) is 14.9. The molecule has 1 atom stereocenters. The van der Waals surface area contributed by atoms with Crippen molar-refractivity contribution in [1.29, 1.82) is 0 Å². The number of aromatic nitrogens is 2. The molecule has 1 aromatic rings. The Kier molecular flexibility index (Phi) is 4.55. The van der Waals surface area contributed by atoms with Crippen molar-refractivity contribution in [3.05, 3.63) is 16.5 Å². The van der Waals surface area contributed by atoms with E-state index >= 15 is 0 Å². The maximum atomic E-state index is 6.31. The van der Waals surface area contributed by atoms with Crippen LogP contribution in [0.3, 0.4) is 0 Å². The molecule has 0 amide bonds. The van der Waals surface area contributed by atoms with E-state index in [1.54, 1.807) is 7.11 Å². The lowest BCUT2D eigenvalue weighted by atomic mass is 9.95. The van der Waals surface area contributed by atoms with Crippen molar-refractivity contribution in [1.82, 2.24) is 9.97 Å². The zero-order valence-corrected chi connectivity index (χ0v) is 13.8. The molecule has 1 aliphatic heterocycles. The molecule has 1 unspecified atom stereocenters. The standard InChI is InChI=1S/C15H24ClN3O/c1-10-12(16)17-14(15(2,3)4)18-13(10)19-8-6-7-11(9-19)20-5/h11H,6-9H2,1-5H3. The lowest BCUT2D eigenvalue weighted by molar-refractivity contribution is 0.0891.